The van der Waals surface area contributed by atoms with Gasteiger partial charge in [-0.3, -0.25) is 9.62 Å². The fourth-order valence-corrected chi connectivity index (χ4v) is 5.88. The van der Waals surface area contributed by atoms with Gasteiger partial charge < -0.3 is 4.90 Å². The van der Waals surface area contributed by atoms with Crippen LogP contribution < -0.4 is 9.62 Å². The highest BCUT2D eigenvalue weighted by Crippen LogP contribution is 2.33. The third kappa shape index (κ3) is 4.75. The van der Waals surface area contributed by atoms with Gasteiger partial charge in [-0.25, -0.2) is 31.0 Å². The molecule has 1 aliphatic heterocycles. The van der Waals surface area contributed by atoms with E-state index in [0.717, 1.165) is 23.5 Å². The number of aromatic nitrogens is 1. The number of halogens is 4. The molecule has 0 spiro atoms. The van der Waals surface area contributed by atoms with E-state index in [9.17, 15) is 21.6 Å². The second-order valence-electron chi connectivity index (χ2n) is 8.13. The summed E-state index contributed by atoms with van der Waals surface area (Å²) in [4.78, 5) is 6.33. The van der Waals surface area contributed by atoms with Gasteiger partial charge in [-0.05, 0) is 25.5 Å². The van der Waals surface area contributed by atoms with Gasteiger partial charge in [-0.2, -0.15) is 0 Å². The molecule has 6 nitrogen and oxygen atoms in total. The topological polar surface area (TPSA) is 65.5 Å². The normalized spacial score (nSPS) is 16.7. The van der Waals surface area contributed by atoms with E-state index in [1.54, 1.807) is 11.9 Å². The van der Waals surface area contributed by atoms with Gasteiger partial charge in [0.25, 0.3) is 10.0 Å². The standard InChI is InChI=1S/C22H22F4N4O2S2/c1-13-18(8-17(24)22(20(13)25)34(31,32)28-19-11-33-12-27-19)29(2)15-6-7-30(10-15)9-14-4-3-5-16(23)21(14)26/h3-5,8,11-12,15,28H,6-7,9-10H2,1-2H3. The largest absolute Gasteiger partial charge is 0.370 e. The minimum absolute atomic E-state index is 0.0165. The minimum Gasteiger partial charge on any atom is -0.370 e. The lowest BCUT2D eigenvalue weighted by molar-refractivity contribution is 0.317. The molecule has 1 aliphatic rings. The van der Waals surface area contributed by atoms with Crippen molar-refractivity contribution in [2.75, 3.05) is 29.8 Å². The molecular formula is C22H22F4N4O2S2. The Labute approximate surface area is 198 Å². The first kappa shape index (κ1) is 24.4. The lowest BCUT2D eigenvalue weighted by Gasteiger charge is -2.29. The molecule has 12 heteroatoms. The summed E-state index contributed by atoms with van der Waals surface area (Å²) in [5, 5.41) is 1.41. The van der Waals surface area contributed by atoms with Gasteiger partial charge in [0.1, 0.15) is 5.82 Å². The van der Waals surface area contributed by atoms with Crippen LogP contribution in [0.2, 0.25) is 0 Å². The fourth-order valence-electron chi connectivity index (χ4n) is 4.13. The molecule has 2 aromatic carbocycles. The Bertz CT molecular complexity index is 1300. The van der Waals surface area contributed by atoms with E-state index in [1.807, 2.05) is 4.90 Å². The molecule has 0 saturated carbocycles. The molecule has 1 fully saturated rings. The molecule has 1 N–H and O–H groups in total. The van der Waals surface area contributed by atoms with Crippen LogP contribution in [0, 0.1) is 30.2 Å². The first-order valence-electron chi connectivity index (χ1n) is 10.4. The van der Waals surface area contributed by atoms with E-state index in [0.29, 0.717) is 19.5 Å². The van der Waals surface area contributed by atoms with E-state index in [2.05, 4.69) is 9.71 Å². The predicted octanol–water partition coefficient (Wildman–Crippen LogP) is 4.52. The van der Waals surface area contributed by atoms with Crippen molar-refractivity contribution in [3.63, 3.8) is 0 Å². The van der Waals surface area contributed by atoms with Crippen LogP contribution in [-0.2, 0) is 16.6 Å². The average molecular weight is 515 g/mol. The second-order valence-corrected chi connectivity index (χ2v) is 10.5. The van der Waals surface area contributed by atoms with E-state index >= 15 is 4.39 Å². The Balaban J connectivity index is 1.54. The number of nitrogens with zero attached hydrogens (tertiary/aromatic N) is 3. The Hall–Kier alpha value is -2.70. The molecule has 0 radical (unpaired) electrons. The number of anilines is 2. The molecule has 0 bridgehead atoms. The quantitative estimate of drug-likeness (QED) is 0.470. The number of hydrogen-bond acceptors (Lipinski definition) is 6. The monoisotopic (exact) mass is 514 g/mol. The van der Waals surface area contributed by atoms with Gasteiger partial charge in [-0.1, -0.05) is 12.1 Å². The number of benzene rings is 2. The fraction of sp³-hybridized carbons (Fsp3) is 0.318. The molecule has 34 heavy (non-hydrogen) atoms. The molecule has 4 rings (SSSR count). The van der Waals surface area contributed by atoms with Crippen LogP contribution in [0.3, 0.4) is 0 Å². The second kappa shape index (κ2) is 9.51. The molecule has 1 unspecified atom stereocenters. The summed E-state index contributed by atoms with van der Waals surface area (Å²) < 4.78 is 84.9. The molecular weight excluding hydrogens is 492 g/mol. The van der Waals surface area contributed by atoms with Crippen LogP contribution in [0.4, 0.5) is 29.1 Å². The zero-order valence-electron chi connectivity index (χ0n) is 18.4. The molecule has 3 aromatic rings. The number of likely N-dealkylation sites (tertiary alicyclic amines) is 1. The molecule has 0 aliphatic carbocycles. The Morgan fingerprint density at radius 2 is 1.97 bits per heavy atom. The van der Waals surface area contributed by atoms with Crippen molar-refractivity contribution in [3.8, 4) is 0 Å². The average Bonchev–Trinajstić information content (AvgIpc) is 3.45. The van der Waals surface area contributed by atoms with Crippen LogP contribution in [0.5, 0.6) is 0 Å². The van der Waals surface area contributed by atoms with Gasteiger partial charge >= 0.3 is 0 Å². The lowest BCUT2D eigenvalue weighted by atomic mass is 10.1. The summed E-state index contributed by atoms with van der Waals surface area (Å²) in [5.41, 5.74) is 1.82. The summed E-state index contributed by atoms with van der Waals surface area (Å²) in [6.45, 7) is 2.63. The summed E-state index contributed by atoms with van der Waals surface area (Å²) in [7, 11) is -2.86. The maximum absolute atomic E-state index is 15.1. The Morgan fingerprint density at radius 1 is 1.21 bits per heavy atom. The summed E-state index contributed by atoms with van der Waals surface area (Å²) in [6, 6.07) is 4.86. The van der Waals surface area contributed by atoms with Crippen molar-refractivity contribution in [3.05, 3.63) is 69.6 Å². The number of nitrogens with one attached hydrogen (secondary N) is 1. The van der Waals surface area contributed by atoms with E-state index in [4.69, 9.17) is 0 Å². The van der Waals surface area contributed by atoms with Crippen molar-refractivity contribution in [2.45, 2.75) is 30.8 Å². The van der Waals surface area contributed by atoms with E-state index in [-0.39, 0.29) is 35.2 Å². The number of rotatable bonds is 7. The summed E-state index contributed by atoms with van der Waals surface area (Å²) in [5.74, 6) is -4.22. The predicted molar refractivity (Wildman–Crippen MR) is 122 cm³/mol. The van der Waals surface area contributed by atoms with Gasteiger partial charge in [0.15, 0.2) is 28.2 Å². The SMILES string of the molecule is Cc1c(N(C)C2CCN(Cc3cccc(F)c3F)C2)cc(F)c(S(=O)(=O)Nc2cscn2)c1F. The zero-order chi connectivity index (χ0) is 24.6. The Kier molecular flexibility index (Phi) is 6.83. The van der Waals surface area contributed by atoms with Crippen LogP contribution in [0.25, 0.3) is 0 Å². The molecule has 1 atom stereocenters. The van der Waals surface area contributed by atoms with Gasteiger partial charge in [0, 0.05) is 54.9 Å². The van der Waals surface area contributed by atoms with Crippen molar-refractivity contribution >= 4 is 32.9 Å². The molecule has 2 heterocycles. The first-order chi connectivity index (χ1) is 16.1. The van der Waals surface area contributed by atoms with Gasteiger partial charge in [-0.15, -0.1) is 11.3 Å². The Morgan fingerprint density at radius 3 is 2.68 bits per heavy atom. The molecule has 1 aromatic heterocycles. The minimum atomic E-state index is -4.53. The smallest absolute Gasteiger partial charge is 0.268 e. The van der Waals surface area contributed by atoms with Crippen LogP contribution >= 0.6 is 11.3 Å². The highest BCUT2D eigenvalue weighted by Gasteiger charge is 2.32. The highest BCUT2D eigenvalue weighted by atomic mass is 32.2. The molecule has 182 valence electrons. The van der Waals surface area contributed by atoms with Crippen molar-refractivity contribution < 1.29 is 26.0 Å². The van der Waals surface area contributed by atoms with Crippen LogP contribution in [0.1, 0.15) is 17.5 Å². The number of thiazole rings is 1. The van der Waals surface area contributed by atoms with Crippen LogP contribution in [-0.4, -0.2) is 44.5 Å². The summed E-state index contributed by atoms with van der Waals surface area (Å²) in [6.07, 6.45) is 0.627. The van der Waals surface area contributed by atoms with Crippen LogP contribution in [0.15, 0.2) is 40.1 Å². The van der Waals surface area contributed by atoms with Crippen molar-refractivity contribution in [2.24, 2.45) is 0 Å². The molecule has 1 saturated heterocycles. The molecule has 0 amide bonds. The maximum Gasteiger partial charge on any atom is 0.268 e. The third-order valence-electron chi connectivity index (χ3n) is 5.93. The van der Waals surface area contributed by atoms with Crippen molar-refractivity contribution in [1.29, 1.82) is 0 Å². The number of hydrogen-bond donors (Lipinski definition) is 1. The number of likely N-dealkylation sites (N-methyl/N-ethyl adjacent to an activating group) is 1. The third-order valence-corrected chi connectivity index (χ3v) is 7.91. The van der Waals surface area contributed by atoms with Crippen molar-refractivity contribution in [1.82, 2.24) is 9.88 Å². The van der Waals surface area contributed by atoms with E-state index in [1.165, 1.54) is 29.9 Å². The zero-order valence-corrected chi connectivity index (χ0v) is 20.0. The highest BCUT2D eigenvalue weighted by molar-refractivity contribution is 7.92. The van der Waals surface area contributed by atoms with E-state index < -0.39 is 38.2 Å². The lowest BCUT2D eigenvalue weighted by Crippen LogP contribution is -2.35. The first-order valence-corrected chi connectivity index (χ1v) is 12.8. The maximum atomic E-state index is 15.1. The van der Waals surface area contributed by atoms with Gasteiger partial charge in [0.05, 0.1) is 5.51 Å². The summed E-state index contributed by atoms with van der Waals surface area (Å²) >= 11 is 1.13. The number of sulfonamides is 1. The van der Waals surface area contributed by atoms with Gasteiger partial charge in [0.2, 0.25) is 0 Å².